The van der Waals surface area contributed by atoms with E-state index in [4.69, 9.17) is 0 Å². The minimum atomic E-state index is 0.477. The molecule has 0 saturated heterocycles. The van der Waals surface area contributed by atoms with Crippen LogP contribution in [-0.4, -0.2) is 12.6 Å². The Morgan fingerprint density at radius 1 is 1.27 bits per heavy atom. The molecule has 1 atom stereocenters. The molecule has 0 bridgehead atoms. The van der Waals surface area contributed by atoms with Gasteiger partial charge in [-0.1, -0.05) is 37.3 Å². The molecular formula is C14H19N. The summed E-state index contributed by atoms with van der Waals surface area (Å²) in [6.45, 7) is 5.03. The molecule has 1 nitrogen and oxygen atoms in total. The number of benzene rings is 1. The summed E-state index contributed by atoms with van der Waals surface area (Å²) in [5, 5.41) is 3.46. The Hall–Kier alpha value is -1.26. The molecule has 0 aliphatic rings. The molecule has 0 radical (unpaired) electrons. The molecule has 0 aliphatic heterocycles. The summed E-state index contributed by atoms with van der Waals surface area (Å²) in [5.41, 5.74) is 1.38. The van der Waals surface area contributed by atoms with E-state index in [1.807, 2.05) is 6.92 Å². The molecule has 1 unspecified atom stereocenters. The lowest BCUT2D eigenvalue weighted by Crippen LogP contribution is -2.30. The Kier molecular flexibility index (Phi) is 5.58. The van der Waals surface area contributed by atoms with Gasteiger partial charge in [-0.25, -0.2) is 0 Å². The second kappa shape index (κ2) is 7.09. The van der Waals surface area contributed by atoms with E-state index in [2.05, 4.69) is 54.4 Å². The molecule has 0 aromatic heterocycles. The monoisotopic (exact) mass is 201 g/mol. The zero-order valence-corrected chi connectivity index (χ0v) is 9.59. The van der Waals surface area contributed by atoms with Crippen molar-refractivity contribution in [1.82, 2.24) is 5.32 Å². The van der Waals surface area contributed by atoms with Gasteiger partial charge in [0.15, 0.2) is 0 Å². The predicted molar refractivity (Wildman–Crippen MR) is 65.7 cm³/mol. The van der Waals surface area contributed by atoms with Crippen molar-refractivity contribution in [3.8, 4) is 11.8 Å². The van der Waals surface area contributed by atoms with Crippen molar-refractivity contribution in [2.24, 2.45) is 0 Å². The number of likely N-dealkylation sites (N-methyl/N-ethyl adjacent to an activating group) is 1. The van der Waals surface area contributed by atoms with E-state index < -0.39 is 0 Å². The Labute approximate surface area is 92.9 Å². The molecule has 1 rings (SSSR count). The van der Waals surface area contributed by atoms with Crippen LogP contribution in [0.3, 0.4) is 0 Å². The lowest BCUT2D eigenvalue weighted by Gasteiger charge is -2.14. The molecule has 1 aromatic carbocycles. The van der Waals surface area contributed by atoms with Crippen molar-refractivity contribution in [1.29, 1.82) is 0 Å². The molecule has 0 spiro atoms. The summed E-state index contributed by atoms with van der Waals surface area (Å²) >= 11 is 0. The maximum absolute atomic E-state index is 3.46. The summed E-state index contributed by atoms with van der Waals surface area (Å²) < 4.78 is 0. The normalized spacial score (nSPS) is 11.6. The number of hydrogen-bond acceptors (Lipinski definition) is 1. The fourth-order valence-electron chi connectivity index (χ4n) is 1.63. The third kappa shape index (κ3) is 4.67. The molecule has 80 valence electrons. The van der Waals surface area contributed by atoms with Crippen LogP contribution in [0.4, 0.5) is 0 Å². The van der Waals surface area contributed by atoms with Crippen molar-refractivity contribution < 1.29 is 0 Å². The van der Waals surface area contributed by atoms with Crippen molar-refractivity contribution in [3.63, 3.8) is 0 Å². The Morgan fingerprint density at radius 2 is 2.00 bits per heavy atom. The van der Waals surface area contributed by atoms with Crippen LogP contribution in [-0.2, 0) is 6.42 Å². The van der Waals surface area contributed by atoms with Gasteiger partial charge in [0.05, 0.1) is 0 Å². The van der Waals surface area contributed by atoms with Crippen LogP contribution in [0.25, 0.3) is 0 Å². The van der Waals surface area contributed by atoms with Gasteiger partial charge in [0.1, 0.15) is 0 Å². The second-order valence-electron chi connectivity index (χ2n) is 3.58. The SMILES string of the molecule is CC#CCC(Cc1ccccc1)NCC. The zero-order valence-electron chi connectivity index (χ0n) is 9.59. The second-order valence-corrected chi connectivity index (χ2v) is 3.58. The molecule has 15 heavy (non-hydrogen) atoms. The largest absolute Gasteiger partial charge is 0.313 e. The summed E-state index contributed by atoms with van der Waals surface area (Å²) in [5.74, 6) is 6.09. The first-order valence-electron chi connectivity index (χ1n) is 5.53. The average Bonchev–Trinajstić information content (AvgIpc) is 2.28. The van der Waals surface area contributed by atoms with E-state index in [-0.39, 0.29) is 0 Å². The minimum Gasteiger partial charge on any atom is -0.313 e. The van der Waals surface area contributed by atoms with Gasteiger partial charge in [0.2, 0.25) is 0 Å². The molecule has 1 heteroatoms. The summed E-state index contributed by atoms with van der Waals surface area (Å²) in [7, 11) is 0. The molecule has 0 heterocycles. The van der Waals surface area contributed by atoms with Crippen molar-refractivity contribution >= 4 is 0 Å². The topological polar surface area (TPSA) is 12.0 Å². The molecule has 0 saturated carbocycles. The van der Waals surface area contributed by atoms with E-state index in [9.17, 15) is 0 Å². The Bertz CT molecular complexity index is 318. The standard InChI is InChI=1S/C14H19N/c1-3-5-11-14(15-4-2)12-13-9-7-6-8-10-13/h6-10,14-15H,4,11-12H2,1-2H3. The highest BCUT2D eigenvalue weighted by Gasteiger charge is 2.05. The summed E-state index contributed by atoms with van der Waals surface area (Å²) in [6, 6.07) is 11.0. The van der Waals surface area contributed by atoms with Gasteiger partial charge in [0.25, 0.3) is 0 Å². The van der Waals surface area contributed by atoms with Crippen molar-refractivity contribution in [2.75, 3.05) is 6.54 Å². The fraction of sp³-hybridized carbons (Fsp3) is 0.429. The summed E-state index contributed by atoms with van der Waals surface area (Å²) in [6.07, 6.45) is 1.99. The van der Waals surface area contributed by atoms with Crippen LogP contribution >= 0.6 is 0 Å². The Balaban J connectivity index is 2.53. The van der Waals surface area contributed by atoms with E-state index >= 15 is 0 Å². The van der Waals surface area contributed by atoms with Gasteiger partial charge in [-0.05, 0) is 25.5 Å². The van der Waals surface area contributed by atoms with Gasteiger partial charge in [-0.2, -0.15) is 0 Å². The van der Waals surface area contributed by atoms with Crippen molar-refractivity contribution in [2.45, 2.75) is 32.7 Å². The smallest absolute Gasteiger partial charge is 0.0246 e. The van der Waals surface area contributed by atoms with Gasteiger partial charge in [0, 0.05) is 12.5 Å². The van der Waals surface area contributed by atoms with Gasteiger partial charge < -0.3 is 5.32 Å². The molecule has 0 amide bonds. The van der Waals surface area contributed by atoms with Crippen LogP contribution in [0.1, 0.15) is 25.8 Å². The van der Waals surface area contributed by atoms with Gasteiger partial charge in [-0.3, -0.25) is 0 Å². The van der Waals surface area contributed by atoms with Crippen LogP contribution in [0.2, 0.25) is 0 Å². The van der Waals surface area contributed by atoms with Crippen molar-refractivity contribution in [3.05, 3.63) is 35.9 Å². The highest BCUT2D eigenvalue weighted by Crippen LogP contribution is 2.05. The Morgan fingerprint density at radius 3 is 2.60 bits per heavy atom. The quantitative estimate of drug-likeness (QED) is 0.722. The first-order chi connectivity index (χ1) is 7.36. The third-order valence-electron chi connectivity index (χ3n) is 2.34. The lowest BCUT2D eigenvalue weighted by molar-refractivity contribution is 0.535. The maximum atomic E-state index is 3.46. The fourth-order valence-corrected chi connectivity index (χ4v) is 1.63. The van der Waals surface area contributed by atoms with Crippen LogP contribution in [0.15, 0.2) is 30.3 Å². The highest BCUT2D eigenvalue weighted by molar-refractivity contribution is 5.16. The first kappa shape index (κ1) is 11.8. The predicted octanol–water partition coefficient (Wildman–Crippen LogP) is 2.62. The number of hydrogen-bond donors (Lipinski definition) is 1. The van der Waals surface area contributed by atoms with Gasteiger partial charge in [-0.15, -0.1) is 11.8 Å². The number of nitrogens with one attached hydrogen (secondary N) is 1. The molecule has 1 N–H and O–H groups in total. The zero-order chi connectivity index (χ0) is 10.9. The van der Waals surface area contributed by atoms with E-state index in [0.717, 1.165) is 19.4 Å². The molecule has 1 aromatic rings. The molecule has 0 aliphatic carbocycles. The molecule has 0 fully saturated rings. The van der Waals surface area contributed by atoms with Crippen LogP contribution < -0.4 is 5.32 Å². The maximum Gasteiger partial charge on any atom is 0.0246 e. The molecular weight excluding hydrogens is 182 g/mol. The number of rotatable bonds is 5. The van der Waals surface area contributed by atoms with Gasteiger partial charge >= 0.3 is 0 Å². The van der Waals surface area contributed by atoms with E-state index in [1.54, 1.807) is 0 Å². The minimum absolute atomic E-state index is 0.477. The lowest BCUT2D eigenvalue weighted by atomic mass is 10.0. The third-order valence-corrected chi connectivity index (χ3v) is 2.34. The van der Waals surface area contributed by atoms with Crippen LogP contribution in [0.5, 0.6) is 0 Å². The highest BCUT2D eigenvalue weighted by atomic mass is 14.9. The first-order valence-corrected chi connectivity index (χ1v) is 5.53. The summed E-state index contributed by atoms with van der Waals surface area (Å²) in [4.78, 5) is 0. The van der Waals surface area contributed by atoms with Crippen LogP contribution in [0, 0.1) is 11.8 Å². The van der Waals surface area contributed by atoms with E-state index in [0.29, 0.717) is 6.04 Å². The van der Waals surface area contributed by atoms with E-state index in [1.165, 1.54) is 5.56 Å². The average molecular weight is 201 g/mol.